The number of allylic oxidation sites excluding steroid dienone is 1. The number of para-hydroxylation sites is 1. The van der Waals surface area contributed by atoms with Crippen LogP contribution in [0.2, 0.25) is 0 Å². The van der Waals surface area contributed by atoms with Crippen LogP contribution in [0.1, 0.15) is 23.9 Å². The topological polar surface area (TPSA) is 17.8 Å². The van der Waals surface area contributed by atoms with E-state index in [1.165, 1.54) is 70.9 Å². The van der Waals surface area contributed by atoms with E-state index < -0.39 is 0 Å². The van der Waals surface area contributed by atoms with Crippen molar-refractivity contribution in [3.63, 3.8) is 0 Å². The zero-order valence-electron chi connectivity index (χ0n) is 27.3. The molecule has 8 aromatic carbocycles. The average Bonchev–Trinajstić information content (AvgIpc) is 3.46. The summed E-state index contributed by atoms with van der Waals surface area (Å²) in [5, 5.41) is 10.3. The number of aromatic nitrogens is 2. The smallest absolute Gasteiger partial charge is 0.145 e. The van der Waals surface area contributed by atoms with E-state index in [0.717, 1.165) is 28.5 Å². The molecule has 0 aliphatic carbocycles. The van der Waals surface area contributed by atoms with Crippen molar-refractivity contribution in [2.75, 3.05) is 0 Å². The first-order chi connectivity index (χ1) is 23.6. The molecule has 0 bridgehead atoms. The molecule has 0 amide bonds. The number of hydrogen-bond acceptors (Lipinski definition) is 1. The van der Waals surface area contributed by atoms with Crippen LogP contribution in [0.5, 0.6) is 0 Å². The zero-order chi connectivity index (χ0) is 32.4. The third kappa shape index (κ3) is 4.45. The van der Waals surface area contributed by atoms with Gasteiger partial charge in [-0.15, -0.1) is 0 Å². The van der Waals surface area contributed by atoms with Gasteiger partial charge in [0.1, 0.15) is 5.82 Å². The summed E-state index contributed by atoms with van der Waals surface area (Å²) in [5.41, 5.74) is 10.6. The second kappa shape index (κ2) is 11.1. The summed E-state index contributed by atoms with van der Waals surface area (Å²) >= 11 is 0. The molecule has 1 aromatic heterocycles. The van der Waals surface area contributed by atoms with Crippen LogP contribution in [0.25, 0.3) is 88.5 Å². The lowest BCUT2D eigenvalue weighted by atomic mass is 9.87. The van der Waals surface area contributed by atoms with Crippen LogP contribution in [0.3, 0.4) is 0 Å². The molecule has 9 aromatic rings. The quantitative estimate of drug-likeness (QED) is 0.176. The molecule has 228 valence electrons. The van der Waals surface area contributed by atoms with E-state index in [-0.39, 0.29) is 0 Å². The van der Waals surface area contributed by atoms with E-state index in [0.29, 0.717) is 0 Å². The summed E-state index contributed by atoms with van der Waals surface area (Å²) in [4.78, 5) is 5.05. The highest BCUT2D eigenvalue weighted by Gasteiger charge is 2.18. The Morgan fingerprint density at radius 1 is 0.521 bits per heavy atom. The fraction of sp³-hybridized carbons (Fsp3) is 0.0652. The number of hydrogen-bond donors (Lipinski definition) is 0. The maximum atomic E-state index is 5.05. The van der Waals surface area contributed by atoms with Crippen molar-refractivity contribution in [3.8, 4) is 39.3 Å². The number of fused-ring (bicyclic) bond motifs is 1. The lowest BCUT2D eigenvalue weighted by Crippen LogP contribution is -1.99. The number of nitrogens with zero attached hydrogens (tertiary/aromatic N) is 2. The molecule has 0 saturated carbocycles. The highest BCUT2D eigenvalue weighted by molar-refractivity contribution is 6.27. The van der Waals surface area contributed by atoms with Gasteiger partial charge in [0.2, 0.25) is 0 Å². The Balaban J connectivity index is 1.18. The molecule has 0 spiro atoms. The minimum absolute atomic E-state index is 0.949. The molecular formula is C46H34N2. The fourth-order valence-electron chi connectivity index (χ4n) is 7.56. The molecule has 2 heteroatoms. The minimum atomic E-state index is 0.949. The van der Waals surface area contributed by atoms with Crippen LogP contribution >= 0.6 is 0 Å². The van der Waals surface area contributed by atoms with Gasteiger partial charge in [0, 0.05) is 11.3 Å². The van der Waals surface area contributed by atoms with Gasteiger partial charge in [-0.3, -0.25) is 4.57 Å². The summed E-state index contributed by atoms with van der Waals surface area (Å²) in [7, 11) is 0. The van der Waals surface area contributed by atoms with Crippen LogP contribution in [0.4, 0.5) is 0 Å². The Labute approximate surface area is 280 Å². The van der Waals surface area contributed by atoms with Crippen LogP contribution in [0, 0.1) is 13.8 Å². The van der Waals surface area contributed by atoms with E-state index in [1.807, 2.05) is 0 Å². The summed E-state index contributed by atoms with van der Waals surface area (Å²) in [6.45, 7) is 6.29. The zero-order valence-corrected chi connectivity index (χ0v) is 27.3. The standard InChI is InChI=1S/C46H34N2/c1-4-8-43-30(3)47-46(48(43)38-9-6-5-7-10-38)34-15-13-31(14-16-34)39-23-19-32-22-26-42-40(24-20-33-21-25-41(39)44(32)45(33)42)37-18-17-35-27-29(2)11-12-36(35)28-37/h4-28H,1-3H3/b8-4-. The van der Waals surface area contributed by atoms with E-state index >= 15 is 0 Å². The maximum Gasteiger partial charge on any atom is 0.145 e. The van der Waals surface area contributed by atoms with Crippen molar-refractivity contribution in [1.29, 1.82) is 0 Å². The summed E-state index contributed by atoms with van der Waals surface area (Å²) in [6.07, 6.45) is 4.22. The van der Waals surface area contributed by atoms with E-state index in [4.69, 9.17) is 4.98 Å². The molecule has 0 radical (unpaired) electrons. The first kappa shape index (κ1) is 28.3. The number of benzene rings is 8. The van der Waals surface area contributed by atoms with Crippen molar-refractivity contribution in [2.24, 2.45) is 0 Å². The molecule has 2 nitrogen and oxygen atoms in total. The molecule has 9 rings (SSSR count). The van der Waals surface area contributed by atoms with Gasteiger partial charge in [0.15, 0.2) is 0 Å². The van der Waals surface area contributed by atoms with Gasteiger partial charge in [-0.2, -0.15) is 0 Å². The van der Waals surface area contributed by atoms with Crippen molar-refractivity contribution in [3.05, 3.63) is 163 Å². The Bertz CT molecular complexity index is 2670. The molecule has 0 fully saturated rings. The maximum absolute atomic E-state index is 5.05. The van der Waals surface area contributed by atoms with Crippen LogP contribution < -0.4 is 0 Å². The normalized spacial score (nSPS) is 12.0. The number of aryl methyl sites for hydroxylation is 2. The second-order valence-corrected chi connectivity index (χ2v) is 12.9. The van der Waals surface area contributed by atoms with Crippen molar-refractivity contribution in [1.82, 2.24) is 9.55 Å². The molecule has 1 heterocycles. The Hall–Kier alpha value is -5.99. The highest BCUT2D eigenvalue weighted by Crippen LogP contribution is 2.43. The van der Waals surface area contributed by atoms with Crippen molar-refractivity contribution >= 4 is 49.2 Å². The lowest BCUT2D eigenvalue weighted by Gasteiger charge is -2.17. The fourth-order valence-corrected chi connectivity index (χ4v) is 7.56. The molecule has 0 aliphatic heterocycles. The summed E-state index contributed by atoms with van der Waals surface area (Å²) < 4.78 is 2.26. The van der Waals surface area contributed by atoms with Gasteiger partial charge >= 0.3 is 0 Å². The molecule has 0 atom stereocenters. The lowest BCUT2D eigenvalue weighted by molar-refractivity contribution is 1.05. The van der Waals surface area contributed by atoms with Crippen LogP contribution in [-0.4, -0.2) is 9.55 Å². The van der Waals surface area contributed by atoms with Gasteiger partial charge in [0.25, 0.3) is 0 Å². The van der Waals surface area contributed by atoms with Gasteiger partial charge in [-0.05, 0) is 110 Å². The second-order valence-electron chi connectivity index (χ2n) is 12.9. The van der Waals surface area contributed by atoms with Gasteiger partial charge in [-0.1, -0.05) is 133 Å². The Morgan fingerprint density at radius 2 is 1.08 bits per heavy atom. The predicted octanol–water partition coefficient (Wildman–Crippen LogP) is 12.6. The molecule has 0 aliphatic rings. The molecule has 0 unspecified atom stereocenters. The number of rotatable bonds is 5. The van der Waals surface area contributed by atoms with E-state index in [2.05, 4.69) is 177 Å². The average molecular weight is 615 g/mol. The Kier molecular flexibility index (Phi) is 6.51. The minimum Gasteiger partial charge on any atom is -0.293 e. The first-order valence-corrected chi connectivity index (χ1v) is 16.7. The van der Waals surface area contributed by atoms with Crippen molar-refractivity contribution < 1.29 is 0 Å². The third-order valence-corrected chi connectivity index (χ3v) is 9.86. The van der Waals surface area contributed by atoms with Crippen molar-refractivity contribution in [2.45, 2.75) is 20.8 Å². The van der Waals surface area contributed by atoms with Crippen LogP contribution in [-0.2, 0) is 0 Å². The highest BCUT2D eigenvalue weighted by atomic mass is 15.1. The molecular weight excluding hydrogens is 581 g/mol. The van der Waals surface area contributed by atoms with E-state index in [1.54, 1.807) is 0 Å². The first-order valence-electron chi connectivity index (χ1n) is 16.7. The largest absolute Gasteiger partial charge is 0.293 e. The summed E-state index contributed by atoms with van der Waals surface area (Å²) in [6, 6.07) is 51.3. The third-order valence-electron chi connectivity index (χ3n) is 9.86. The monoisotopic (exact) mass is 614 g/mol. The molecule has 0 saturated heterocycles. The number of imidazole rings is 1. The molecule has 48 heavy (non-hydrogen) atoms. The van der Waals surface area contributed by atoms with Gasteiger partial charge < -0.3 is 0 Å². The predicted molar refractivity (Wildman–Crippen MR) is 205 cm³/mol. The SMILES string of the molecule is C/C=C\c1c(C)nc(-c2ccc(-c3ccc4ccc5c(-c6ccc7cc(C)ccc7c6)ccc6ccc3c4c65)cc2)n1-c1ccccc1. The van der Waals surface area contributed by atoms with Crippen LogP contribution in [0.15, 0.2) is 146 Å². The Morgan fingerprint density at radius 3 is 1.77 bits per heavy atom. The van der Waals surface area contributed by atoms with Gasteiger partial charge in [0.05, 0.1) is 11.4 Å². The summed E-state index contributed by atoms with van der Waals surface area (Å²) in [5.74, 6) is 0.949. The van der Waals surface area contributed by atoms with E-state index in [9.17, 15) is 0 Å². The van der Waals surface area contributed by atoms with Gasteiger partial charge in [-0.25, -0.2) is 4.98 Å². The molecule has 0 N–H and O–H groups in total.